The first-order valence-electron chi connectivity index (χ1n) is 4.27. The average molecular weight is 181 g/mol. The number of hydrogen-bond acceptors (Lipinski definition) is 2. The molecule has 0 atom stereocenters. The largest absolute Gasteiger partial charge is 0.351 e. The number of carbonyl (C=O) groups excluding carboxylic acids is 1. The third-order valence-electron chi connectivity index (χ3n) is 1.42. The molecule has 0 aliphatic carbocycles. The van der Waals surface area contributed by atoms with Crippen LogP contribution in [0.5, 0.6) is 0 Å². The van der Waals surface area contributed by atoms with E-state index in [0.717, 1.165) is 5.69 Å². The fourth-order valence-corrected chi connectivity index (χ4v) is 1.02. The molecule has 72 valence electrons. The van der Waals surface area contributed by atoms with Crippen LogP contribution in [0.2, 0.25) is 0 Å². The molecule has 0 fully saturated rings. The number of hydrogen-bond donors (Lipinski definition) is 2. The van der Waals surface area contributed by atoms with Gasteiger partial charge in [-0.15, -0.1) is 0 Å². The van der Waals surface area contributed by atoms with E-state index < -0.39 is 0 Å². The Hall–Kier alpha value is -1.32. The van der Waals surface area contributed by atoms with E-state index >= 15 is 0 Å². The highest BCUT2D eigenvalue weighted by molar-refractivity contribution is 5.78. The molecule has 4 nitrogen and oxygen atoms in total. The molecule has 0 saturated carbocycles. The first kappa shape index (κ1) is 9.77. The summed E-state index contributed by atoms with van der Waals surface area (Å²) in [4.78, 5) is 11.4. The van der Waals surface area contributed by atoms with Gasteiger partial charge in [0.1, 0.15) is 0 Å². The van der Waals surface area contributed by atoms with Crippen LogP contribution in [0, 0.1) is 0 Å². The van der Waals surface area contributed by atoms with Crippen LogP contribution >= 0.6 is 0 Å². The van der Waals surface area contributed by atoms with Gasteiger partial charge in [0.25, 0.3) is 0 Å². The molecule has 0 bridgehead atoms. The van der Waals surface area contributed by atoms with E-state index in [2.05, 4.69) is 15.5 Å². The maximum Gasteiger partial charge on any atom is 0.226 e. The maximum absolute atomic E-state index is 11.4. The molecule has 0 aliphatic rings. The van der Waals surface area contributed by atoms with Crippen LogP contribution in [0.3, 0.4) is 0 Å². The molecule has 0 aromatic carbocycles. The number of rotatable bonds is 2. The van der Waals surface area contributed by atoms with Crippen LogP contribution in [0.4, 0.5) is 0 Å². The molecular formula is C9H15N3O. The Morgan fingerprint density at radius 2 is 2.31 bits per heavy atom. The fraction of sp³-hybridized carbons (Fsp3) is 0.556. The van der Waals surface area contributed by atoms with Crippen molar-refractivity contribution in [3.05, 3.63) is 18.0 Å². The predicted octanol–water partition coefficient (Wildman–Crippen LogP) is 0.867. The SMILES string of the molecule is CC(C)(C)NC(=O)Cc1ccn[nH]1. The summed E-state index contributed by atoms with van der Waals surface area (Å²) in [5, 5.41) is 9.38. The fourth-order valence-electron chi connectivity index (χ4n) is 1.02. The molecule has 0 spiro atoms. The summed E-state index contributed by atoms with van der Waals surface area (Å²) in [5.74, 6) is 0.0109. The molecule has 1 heterocycles. The van der Waals surface area contributed by atoms with Crippen molar-refractivity contribution in [3.63, 3.8) is 0 Å². The van der Waals surface area contributed by atoms with Crippen LogP contribution in [0.15, 0.2) is 12.3 Å². The lowest BCUT2D eigenvalue weighted by molar-refractivity contribution is -0.121. The minimum absolute atomic E-state index is 0.0109. The van der Waals surface area contributed by atoms with Crippen LogP contribution in [-0.4, -0.2) is 21.6 Å². The monoisotopic (exact) mass is 181 g/mol. The van der Waals surface area contributed by atoms with Crippen LogP contribution < -0.4 is 5.32 Å². The quantitative estimate of drug-likeness (QED) is 0.711. The number of nitrogens with one attached hydrogen (secondary N) is 2. The molecule has 0 aliphatic heterocycles. The first-order chi connectivity index (χ1) is 5.97. The highest BCUT2D eigenvalue weighted by Crippen LogP contribution is 2.00. The van der Waals surface area contributed by atoms with Crippen molar-refractivity contribution < 1.29 is 4.79 Å². The van der Waals surface area contributed by atoms with E-state index in [-0.39, 0.29) is 11.4 Å². The lowest BCUT2D eigenvalue weighted by Gasteiger charge is -2.20. The minimum atomic E-state index is -0.170. The van der Waals surface area contributed by atoms with E-state index in [0.29, 0.717) is 6.42 Å². The zero-order valence-electron chi connectivity index (χ0n) is 8.22. The smallest absolute Gasteiger partial charge is 0.226 e. The predicted molar refractivity (Wildman–Crippen MR) is 50.2 cm³/mol. The zero-order chi connectivity index (χ0) is 9.90. The zero-order valence-corrected chi connectivity index (χ0v) is 8.22. The van der Waals surface area contributed by atoms with Gasteiger partial charge in [0.15, 0.2) is 0 Å². The van der Waals surface area contributed by atoms with E-state index in [1.807, 2.05) is 20.8 Å². The topological polar surface area (TPSA) is 57.8 Å². The normalized spacial score (nSPS) is 11.3. The molecular weight excluding hydrogens is 166 g/mol. The summed E-state index contributed by atoms with van der Waals surface area (Å²) in [6.07, 6.45) is 2.00. The number of H-pyrrole nitrogens is 1. The Labute approximate surface area is 77.7 Å². The van der Waals surface area contributed by atoms with Crippen LogP contribution in [0.1, 0.15) is 26.5 Å². The van der Waals surface area contributed by atoms with Gasteiger partial charge < -0.3 is 5.32 Å². The summed E-state index contributed by atoms with van der Waals surface area (Å²) >= 11 is 0. The molecule has 0 radical (unpaired) electrons. The lowest BCUT2D eigenvalue weighted by Crippen LogP contribution is -2.41. The Morgan fingerprint density at radius 1 is 1.62 bits per heavy atom. The van der Waals surface area contributed by atoms with Crippen molar-refractivity contribution in [1.29, 1.82) is 0 Å². The highest BCUT2D eigenvalue weighted by Gasteiger charge is 2.13. The highest BCUT2D eigenvalue weighted by atomic mass is 16.1. The Morgan fingerprint density at radius 3 is 2.77 bits per heavy atom. The second-order valence-electron chi connectivity index (χ2n) is 4.06. The molecule has 2 N–H and O–H groups in total. The standard InChI is InChI=1S/C9H15N3O/c1-9(2,3)11-8(13)6-7-4-5-10-12-7/h4-5H,6H2,1-3H3,(H,10,12)(H,11,13). The van der Waals surface area contributed by atoms with E-state index in [1.165, 1.54) is 0 Å². The second-order valence-corrected chi connectivity index (χ2v) is 4.06. The second kappa shape index (κ2) is 3.60. The molecule has 1 amide bonds. The van der Waals surface area contributed by atoms with Crippen molar-refractivity contribution in [1.82, 2.24) is 15.5 Å². The van der Waals surface area contributed by atoms with E-state index in [4.69, 9.17) is 0 Å². The van der Waals surface area contributed by atoms with Gasteiger partial charge in [-0.25, -0.2) is 0 Å². The maximum atomic E-state index is 11.4. The third kappa shape index (κ3) is 3.73. The van der Waals surface area contributed by atoms with Crippen molar-refractivity contribution in [2.45, 2.75) is 32.7 Å². The van der Waals surface area contributed by atoms with Crippen molar-refractivity contribution in [3.8, 4) is 0 Å². The van der Waals surface area contributed by atoms with Crippen LogP contribution in [-0.2, 0) is 11.2 Å². The van der Waals surface area contributed by atoms with Gasteiger partial charge >= 0.3 is 0 Å². The summed E-state index contributed by atoms with van der Waals surface area (Å²) in [7, 11) is 0. The van der Waals surface area contributed by atoms with Gasteiger partial charge in [-0.3, -0.25) is 9.89 Å². The van der Waals surface area contributed by atoms with Crippen molar-refractivity contribution >= 4 is 5.91 Å². The molecule has 0 unspecified atom stereocenters. The van der Waals surface area contributed by atoms with Gasteiger partial charge in [-0.2, -0.15) is 5.10 Å². The third-order valence-corrected chi connectivity index (χ3v) is 1.42. The minimum Gasteiger partial charge on any atom is -0.351 e. The molecule has 1 aromatic rings. The molecule has 1 aromatic heterocycles. The number of carbonyl (C=O) groups is 1. The Balaban J connectivity index is 2.43. The van der Waals surface area contributed by atoms with Gasteiger partial charge in [0.2, 0.25) is 5.91 Å². The summed E-state index contributed by atoms with van der Waals surface area (Å²) < 4.78 is 0. The average Bonchev–Trinajstić information content (AvgIpc) is 2.34. The van der Waals surface area contributed by atoms with Crippen LogP contribution in [0.25, 0.3) is 0 Å². The Bertz CT molecular complexity index is 272. The first-order valence-corrected chi connectivity index (χ1v) is 4.27. The molecule has 1 rings (SSSR count). The van der Waals surface area contributed by atoms with Crippen molar-refractivity contribution in [2.75, 3.05) is 0 Å². The van der Waals surface area contributed by atoms with Gasteiger partial charge in [0, 0.05) is 17.4 Å². The molecule has 0 saturated heterocycles. The van der Waals surface area contributed by atoms with Gasteiger partial charge in [-0.1, -0.05) is 0 Å². The number of aromatic amines is 1. The lowest BCUT2D eigenvalue weighted by atomic mass is 10.1. The van der Waals surface area contributed by atoms with Gasteiger partial charge in [-0.05, 0) is 26.8 Å². The van der Waals surface area contributed by atoms with E-state index in [9.17, 15) is 4.79 Å². The molecule has 13 heavy (non-hydrogen) atoms. The van der Waals surface area contributed by atoms with Crippen molar-refractivity contribution in [2.24, 2.45) is 0 Å². The van der Waals surface area contributed by atoms with Gasteiger partial charge in [0.05, 0.1) is 6.42 Å². The summed E-state index contributed by atoms with van der Waals surface area (Å²) in [6.45, 7) is 5.87. The van der Waals surface area contributed by atoms with E-state index in [1.54, 1.807) is 12.3 Å². The number of aromatic nitrogens is 2. The number of amides is 1. The number of nitrogens with zero attached hydrogens (tertiary/aromatic N) is 1. The summed E-state index contributed by atoms with van der Waals surface area (Å²) in [6, 6.07) is 1.79. The summed E-state index contributed by atoms with van der Waals surface area (Å²) in [5.41, 5.74) is 0.665. The molecule has 4 heteroatoms. The Kier molecular flexibility index (Phi) is 2.70.